The number of rotatable bonds is 4. The van der Waals surface area contributed by atoms with Crippen LogP contribution in [0.5, 0.6) is 0 Å². The van der Waals surface area contributed by atoms with Crippen molar-refractivity contribution in [2.45, 2.75) is 38.3 Å². The lowest BCUT2D eigenvalue weighted by atomic mass is 9.98. The predicted octanol–water partition coefficient (Wildman–Crippen LogP) is 4.07. The maximum atomic E-state index is 13.5. The van der Waals surface area contributed by atoms with Crippen LogP contribution in [0.4, 0.5) is 4.39 Å². The average Bonchev–Trinajstić information content (AvgIpc) is 3.18. The van der Waals surface area contributed by atoms with Crippen molar-refractivity contribution in [2.75, 3.05) is 19.6 Å². The van der Waals surface area contributed by atoms with E-state index in [1.54, 1.807) is 12.1 Å². The molecule has 0 radical (unpaired) electrons. The lowest BCUT2D eigenvalue weighted by Gasteiger charge is -2.33. The van der Waals surface area contributed by atoms with Gasteiger partial charge in [-0.15, -0.1) is 0 Å². The minimum atomic E-state index is -0.423. The second-order valence-electron chi connectivity index (χ2n) is 7.52. The standard InChI is InChI=1S/C22H24ClFN2O/c23-20-7-5-16(13-21(20)24)6-8-22(27)26-12-10-19(15-26)25-11-9-17-3-1-2-4-18(17)14-25/h1-5,7,13,19H,6,8-12,14-15H2. The van der Waals surface area contributed by atoms with Gasteiger partial charge in [-0.2, -0.15) is 0 Å². The third-order valence-corrected chi connectivity index (χ3v) is 6.11. The van der Waals surface area contributed by atoms with Crippen LogP contribution in [-0.4, -0.2) is 41.4 Å². The molecule has 2 aliphatic heterocycles. The molecule has 0 spiro atoms. The van der Waals surface area contributed by atoms with Crippen LogP contribution in [0.25, 0.3) is 0 Å². The molecular weight excluding hydrogens is 363 g/mol. The summed E-state index contributed by atoms with van der Waals surface area (Å²) in [6.45, 7) is 3.66. The largest absolute Gasteiger partial charge is 0.341 e. The molecule has 0 N–H and O–H groups in total. The van der Waals surface area contributed by atoms with Gasteiger partial charge in [0.05, 0.1) is 5.02 Å². The smallest absolute Gasteiger partial charge is 0.222 e. The molecule has 2 aromatic carbocycles. The number of halogens is 2. The number of aryl methyl sites for hydroxylation is 1. The Bertz CT molecular complexity index is 841. The fourth-order valence-electron chi connectivity index (χ4n) is 4.20. The Morgan fingerprint density at radius 3 is 2.78 bits per heavy atom. The number of hydrogen-bond donors (Lipinski definition) is 0. The molecule has 3 nitrogen and oxygen atoms in total. The summed E-state index contributed by atoms with van der Waals surface area (Å²) in [5.74, 6) is -0.265. The number of fused-ring (bicyclic) bond motifs is 1. The number of carbonyl (C=O) groups is 1. The second kappa shape index (κ2) is 7.99. The molecule has 1 saturated heterocycles. The Morgan fingerprint density at radius 1 is 1.15 bits per heavy atom. The van der Waals surface area contributed by atoms with Crippen LogP contribution in [-0.2, 0) is 24.2 Å². The van der Waals surface area contributed by atoms with Gasteiger partial charge in [0.15, 0.2) is 0 Å². The number of carbonyl (C=O) groups excluding carboxylic acids is 1. The molecule has 2 aromatic rings. The van der Waals surface area contributed by atoms with Crippen molar-refractivity contribution in [2.24, 2.45) is 0 Å². The minimum Gasteiger partial charge on any atom is -0.341 e. The molecule has 0 aliphatic carbocycles. The van der Waals surface area contributed by atoms with Crippen molar-refractivity contribution in [3.63, 3.8) is 0 Å². The molecule has 1 unspecified atom stereocenters. The molecule has 5 heteroatoms. The van der Waals surface area contributed by atoms with Crippen molar-refractivity contribution in [3.8, 4) is 0 Å². The normalized spacial score (nSPS) is 19.9. The van der Waals surface area contributed by atoms with Gasteiger partial charge >= 0.3 is 0 Å². The number of likely N-dealkylation sites (tertiary alicyclic amines) is 1. The van der Waals surface area contributed by atoms with E-state index in [0.29, 0.717) is 18.9 Å². The first kappa shape index (κ1) is 18.5. The highest BCUT2D eigenvalue weighted by Gasteiger charge is 2.31. The van der Waals surface area contributed by atoms with Crippen molar-refractivity contribution in [1.82, 2.24) is 9.80 Å². The van der Waals surface area contributed by atoms with E-state index in [9.17, 15) is 9.18 Å². The van der Waals surface area contributed by atoms with Crippen LogP contribution < -0.4 is 0 Å². The maximum absolute atomic E-state index is 13.5. The maximum Gasteiger partial charge on any atom is 0.222 e. The summed E-state index contributed by atoms with van der Waals surface area (Å²) >= 11 is 5.71. The molecule has 2 heterocycles. The molecule has 1 amide bonds. The Balaban J connectivity index is 1.30. The molecule has 0 saturated carbocycles. The third kappa shape index (κ3) is 4.17. The van der Waals surface area contributed by atoms with Crippen molar-refractivity contribution in [3.05, 3.63) is 70.0 Å². The quantitative estimate of drug-likeness (QED) is 0.790. The van der Waals surface area contributed by atoms with Gasteiger partial charge in [-0.25, -0.2) is 4.39 Å². The molecule has 27 heavy (non-hydrogen) atoms. The van der Waals surface area contributed by atoms with E-state index in [1.807, 2.05) is 4.90 Å². The highest BCUT2D eigenvalue weighted by molar-refractivity contribution is 6.30. The van der Waals surface area contributed by atoms with E-state index in [4.69, 9.17) is 11.6 Å². The van der Waals surface area contributed by atoms with Crippen LogP contribution in [0.2, 0.25) is 5.02 Å². The Morgan fingerprint density at radius 2 is 1.96 bits per heavy atom. The molecule has 0 aromatic heterocycles. The van der Waals surface area contributed by atoms with Gasteiger partial charge in [0, 0.05) is 38.6 Å². The Labute approximate surface area is 164 Å². The number of benzene rings is 2. The SMILES string of the molecule is O=C(CCc1ccc(Cl)c(F)c1)N1CCC(N2CCc3ccccc3C2)C1. The fraction of sp³-hybridized carbons (Fsp3) is 0.409. The summed E-state index contributed by atoms with van der Waals surface area (Å²) < 4.78 is 13.5. The van der Waals surface area contributed by atoms with Crippen LogP contribution in [0.3, 0.4) is 0 Å². The van der Waals surface area contributed by atoms with Crippen molar-refractivity contribution < 1.29 is 9.18 Å². The number of hydrogen-bond acceptors (Lipinski definition) is 2. The summed E-state index contributed by atoms with van der Waals surface area (Å²) in [4.78, 5) is 17.1. The molecule has 1 atom stereocenters. The van der Waals surface area contributed by atoms with Crippen LogP contribution in [0, 0.1) is 5.82 Å². The first-order valence-corrected chi connectivity index (χ1v) is 10.0. The van der Waals surface area contributed by atoms with Gasteiger partial charge in [-0.05, 0) is 48.1 Å². The average molecular weight is 387 g/mol. The Kier molecular flexibility index (Phi) is 5.46. The molecule has 1 fully saturated rings. The zero-order chi connectivity index (χ0) is 18.8. The van der Waals surface area contributed by atoms with Gasteiger partial charge in [-0.1, -0.05) is 41.9 Å². The molecular formula is C22H24ClFN2O. The van der Waals surface area contributed by atoms with Gasteiger partial charge in [-0.3, -0.25) is 9.69 Å². The van der Waals surface area contributed by atoms with Crippen LogP contribution >= 0.6 is 11.6 Å². The van der Waals surface area contributed by atoms with E-state index >= 15 is 0 Å². The minimum absolute atomic E-state index is 0.121. The topological polar surface area (TPSA) is 23.6 Å². The van der Waals surface area contributed by atoms with Crippen LogP contribution in [0.1, 0.15) is 29.5 Å². The van der Waals surface area contributed by atoms with Crippen molar-refractivity contribution >= 4 is 17.5 Å². The lowest BCUT2D eigenvalue weighted by molar-refractivity contribution is -0.130. The molecule has 4 rings (SSSR count). The monoisotopic (exact) mass is 386 g/mol. The van der Waals surface area contributed by atoms with E-state index in [0.717, 1.165) is 44.6 Å². The zero-order valence-electron chi connectivity index (χ0n) is 15.3. The predicted molar refractivity (Wildman–Crippen MR) is 105 cm³/mol. The van der Waals surface area contributed by atoms with E-state index in [-0.39, 0.29) is 10.9 Å². The van der Waals surface area contributed by atoms with E-state index < -0.39 is 5.82 Å². The highest BCUT2D eigenvalue weighted by Crippen LogP contribution is 2.25. The summed E-state index contributed by atoms with van der Waals surface area (Å²) in [5, 5.41) is 0.121. The summed E-state index contributed by atoms with van der Waals surface area (Å²) in [6.07, 6.45) is 3.08. The summed E-state index contributed by atoms with van der Waals surface area (Å²) in [7, 11) is 0. The van der Waals surface area contributed by atoms with Crippen LogP contribution in [0.15, 0.2) is 42.5 Å². The Hall–Kier alpha value is -1.91. The number of nitrogens with zero attached hydrogens (tertiary/aromatic N) is 2. The molecule has 0 bridgehead atoms. The number of amides is 1. The van der Waals surface area contributed by atoms with Gasteiger partial charge < -0.3 is 4.90 Å². The second-order valence-corrected chi connectivity index (χ2v) is 7.93. The highest BCUT2D eigenvalue weighted by atomic mass is 35.5. The molecule has 142 valence electrons. The third-order valence-electron chi connectivity index (χ3n) is 5.80. The molecule has 2 aliphatic rings. The zero-order valence-corrected chi connectivity index (χ0v) is 16.1. The van der Waals surface area contributed by atoms with E-state index in [1.165, 1.54) is 17.2 Å². The lowest BCUT2D eigenvalue weighted by Crippen LogP contribution is -2.41. The first-order valence-electron chi connectivity index (χ1n) is 9.62. The van der Waals surface area contributed by atoms with Crippen molar-refractivity contribution in [1.29, 1.82) is 0 Å². The summed E-state index contributed by atoms with van der Waals surface area (Å²) in [5.41, 5.74) is 3.68. The van der Waals surface area contributed by atoms with Gasteiger partial charge in [0.2, 0.25) is 5.91 Å². The van der Waals surface area contributed by atoms with E-state index in [2.05, 4.69) is 29.2 Å². The fourth-order valence-corrected chi connectivity index (χ4v) is 4.32. The summed E-state index contributed by atoms with van der Waals surface area (Å²) in [6, 6.07) is 13.8. The van der Waals surface area contributed by atoms with Gasteiger partial charge in [0.25, 0.3) is 0 Å². The van der Waals surface area contributed by atoms with Gasteiger partial charge in [0.1, 0.15) is 5.82 Å². The first-order chi connectivity index (χ1) is 13.1.